The molecule has 2 heterocycles. The summed E-state index contributed by atoms with van der Waals surface area (Å²) >= 11 is 0. The number of pyridine rings is 2. The minimum absolute atomic E-state index is 0. The Labute approximate surface area is 203 Å². The van der Waals surface area contributed by atoms with Crippen LogP contribution in [0.1, 0.15) is 45.8 Å². The summed E-state index contributed by atoms with van der Waals surface area (Å²) in [4.78, 5) is 19.4. The number of fused-ring (bicyclic) bond motifs is 3. The third-order valence-corrected chi connectivity index (χ3v) is 5.60. The second-order valence-corrected chi connectivity index (χ2v) is 8.46. The van der Waals surface area contributed by atoms with Gasteiger partial charge in [-0.1, -0.05) is 49.1 Å². The number of rotatable bonds is 1. The van der Waals surface area contributed by atoms with Gasteiger partial charge in [-0.05, 0) is 59.8 Å². The molecule has 0 saturated carbocycles. The number of carbonyl (C=O) groups excluding carboxylic acids is 1. The molecular formula is C27H25IrN2O2-. The molecule has 0 aliphatic heterocycles. The van der Waals surface area contributed by atoms with Crippen LogP contribution in [-0.4, -0.2) is 20.9 Å². The number of aliphatic hydroxyl groups is 1. The largest absolute Gasteiger partial charge is 0.512 e. The summed E-state index contributed by atoms with van der Waals surface area (Å²) in [6, 6.07) is 16.2. The van der Waals surface area contributed by atoms with E-state index in [0.29, 0.717) is 0 Å². The van der Waals surface area contributed by atoms with Gasteiger partial charge >= 0.3 is 0 Å². The Bertz CT molecular complexity index is 1420. The molecule has 165 valence electrons. The topological polar surface area (TPSA) is 63.1 Å². The van der Waals surface area contributed by atoms with E-state index < -0.39 is 5.78 Å². The van der Waals surface area contributed by atoms with Crippen LogP contribution in [0.2, 0.25) is 0 Å². The third-order valence-electron chi connectivity index (χ3n) is 5.60. The van der Waals surface area contributed by atoms with Gasteiger partial charge in [-0.25, -0.2) is 0 Å². The summed E-state index contributed by atoms with van der Waals surface area (Å²) in [5, 5.41) is 12.1. The monoisotopic (exact) mass is 603 g/mol. The number of nitrogens with zero attached hydrogens (tertiary/aromatic N) is 2. The third kappa shape index (κ3) is 4.23. The van der Waals surface area contributed by atoms with Gasteiger partial charge in [0.05, 0.1) is 7.13 Å². The zero-order valence-electron chi connectivity index (χ0n) is 19.7. The van der Waals surface area contributed by atoms with Crippen LogP contribution in [0.5, 0.6) is 0 Å². The Balaban J connectivity index is 0.000000297. The standard InChI is InChI=1S/C22H17N2.C5H8O2.Ir/c1-13-9-15-6-8-24-21-16-12-19-14(5-4-7-23-19)11-17(16)22(2,3)18(10-13)20(15)21;1-4(6)3-5(2)7;/h4-11H,1-3H3;3,6H,1-2H3;/q-1;;/b;4-3-;/i;3D;. The van der Waals surface area contributed by atoms with Crippen molar-refractivity contribution in [3.05, 3.63) is 83.4 Å². The molecule has 2 aromatic carbocycles. The number of hydrogen-bond acceptors (Lipinski definition) is 4. The van der Waals surface area contributed by atoms with Gasteiger partial charge in [0, 0.05) is 38.6 Å². The predicted octanol–water partition coefficient (Wildman–Crippen LogP) is 6.23. The van der Waals surface area contributed by atoms with Crippen molar-refractivity contribution >= 4 is 27.5 Å². The van der Waals surface area contributed by atoms with Gasteiger partial charge in [0.1, 0.15) is 0 Å². The van der Waals surface area contributed by atoms with Gasteiger partial charge in [0.15, 0.2) is 5.78 Å². The van der Waals surface area contributed by atoms with Crippen molar-refractivity contribution in [2.24, 2.45) is 0 Å². The van der Waals surface area contributed by atoms with E-state index in [9.17, 15) is 4.79 Å². The first-order chi connectivity index (χ1) is 15.1. The molecule has 0 fully saturated rings. The van der Waals surface area contributed by atoms with Crippen molar-refractivity contribution in [2.75, 3.05) is 0 Å². The van der Waals surface area contributed by atoms with E-state index in [1.54, 1.807) is 0 Å². The Hall–Kier alpha value is -2.88. The zero-order valence-corrected chi connectivity index (χ0v) is 21.1. The second kappa shape index (κ2) is 8.93. The molecule has 5 rings (SSSR count). The van der Waals surface area contributed by atoms with Gasteiger partial charge in [0.2, 0.25) is 0 Å². The van der Waals surface area contributed by atoms with Crippen LogP contribution in [-0.2, 0) is 30.3 Å². The summed E-state index contributed by atoms with van der Waals surface area (Å²) in [6.07, 6.45) is 3.73. The molecule has 0 unspecified atom stereocenters. The molecular weight excluding hydrogens is 577 g/mol. The predicted molar refractivity (Wildman–Crippen MR) is 125 cm³/mol. The van der Waals surface area contributed by atoms with Crippen molar-refractivity contribution < 1.29 is 31.4 Å². The van der Waals surface area contributed by atoms with Gasteiger partial charge in [-0.3, -0.25) is 9.78 Å². The number of aromatic nitrogens is 2. The van der Waals surface area contributed by atoms with E-state index in [2.05, 4.69) is 62.2 Å². The van der Waals surface area contributed by atoms with Gasteiger partial charge in [-0.2, -0.15) is 0 Å². The van der Waals surface area contributed by atoms with Crippen molar-refractivity contribution in [3.8, 4) is 11.3 Å². The summed E-state index contributed by atoms with van der Waals surface area (Å²) in [6.45, 7) is 9.31. The Morgan fingerprint density at radius 1 is 1.09 bits per heavy atom. The van der Waals surface area contributed by atoms with E-state index in [1.165, 1.54) is 41.3 Å². The van der Waals surface area contributed by atoms with E-state index in [4.69, 9.17) is 11.5 Å². The molecule has 2 aromatic heterocycles. The number of benzene rings is 2. The Kier molecular flexibility index (Phi) is 6.23. The second-order valence-electron chi connectivity index (χ2n) is 8.46. The maximum atomic E-state index is 10.2. The minimum atomic E-state index is -0.412. The van der Waals surface area contributed by atoms with Crippen LogP contribution in [0.3, 0.4) is 0 Å². The van der Waals surface area contributed by atoms with E-state index in [0.717, 1.165) is 22.2 Å². The minimum Gasteiger partial charge on any atom is -0.512 e. The van der Waals surface area contributed by atoms with Crippen molar-refractivity contribution in [1.29, 1.82) is 0 Å². The van der Waals surface area contributed by atoms with Crippen LogP contribution in [0.15, 0.2) is 60.6 Å². The zero-order chi connectivity index (χ0) is 23.2. The van der Waals surface area contributed by atoms with Crippen molar-refractivity contribution in [2.45, 2.75) is 40.0 Å². The van der Waals surface area contributed by atoms with Crippen molar-refractivity contribution in [1.82, 2.24) is 9.97 Å². The normalized spacial score (nSPS) is 14.3. The van der Waals surface area contributed by atoms with E-state index in [-0.39, 0.29) is 37.3 Å². The SMILES string of the molecule is Cc1cc2c3c(nccc3c1)-c1[c-]c3ncccc3cc1C2(C)C.[2H]/C(C(C)=O)=C(\C)O.[Ir]. The first-order valence-corrected chi connectivity index (χ1v) is 10.2. The maximum absolute atomic E-state index is 10.2. The molecule has 0 spiro atoms. The average Bonchev–Trinajstić information content (AvgIpc) is 2.76. The number of allylic oxidation sites excluding steroid dienone is 2. The molecule has 4 aromatic rings. The fourth-order valence-corrected chi connectivity index (χ4v) is 4.28. The maximum Gasteiger partial charge on any atom is 0.155 e. The van der Waals surface area contributed by atoms with E-state index in [1.807, 2.05) is 18.5 Å². The summed E-state index contributed by atoms with van der Waals surface area (Å²) in [5.41, 5.74) is 6.86. The van der Waals surface area contributed by atoms with Crippen LogP contribution in [0, 0.1) is 13.0 Å². The molecule has 0 amide bonds. The number of carbonyl (C=O) groups is 1. The van der Waals surface area contributed by atoms with Gasteiger partial charge in [-0.15, -0.1) is 23.3 Å². The van der Waals surface area contributed by atoms with Gasteiger partial charge in [0.25, 0.3) is 0 Å². The number of ketones is 1. The molecule has 5 heteroatoms. The van der Waals surface area contributed by atoms with Crippen LogP contribution < -0.4 is 0 Å². The van der Waals surface area contributed by atoms with Crippen LogP contribution in [0.4, 0.5) is 0 Å². The molecule has 1 aliphatic rings. The molecule has 1 radical (unpaired) electrons. The molecule has 0 saturated heterocycles. The molecule has 1 aliphatic carbocycles. The summed E-state index contributed by atoms with van der Waals surface area (Å²) in [7, 11) is 0. The quantitative estimate of drug-likeness (QED) is 0.159. The summed E-state index contributed by atoms with van der Waals surface area (Å²) in [5.74, 6) is -0.637. The number of aryl methyl sites for hydroxylation is 1. The van der Waals surface area contributed by atoms with E-state index >= 15 is 0 Å². The number of aliphatic hydroxyl groups excluding tert-OH is 1. The first kappa shape index (κ1) is 22.3. The Morgan fingerprint density at radius 2 is 1.84 bits per heavy atom. The van der Waals surface area contributed by atoms with Crippen LogP contribution in [0.25, 0.3) is 32.9 Å². The van der Waals surface area contributed by atoms with Crippen LogP contribution >= 0.6 is 0 Å². The molecule has 32 heavy (non-hydrogen) atoms. The number of hydrogen-bond donors (Lipinski definition) is 1. The fraction of sp³-hybridized carbons (Fsp3) is 0.222. The summed E-state index contributed by atoms with van der Waals surface area (Å²) < 4.78 is 6.76. The fourth-order valence-electron chi connectivity index (χ4n) is 4.28. The average molecular weight is 603 g/mol. The van der Waals surface area contributed by atoms with Crippen molar-refractivity contribution in [3.63, 3.8) is 0 Å². The molecule has 1 N–H and O–H groups in total. The molecule has 0 bridgehead atoms. The van der Waals surface area contributed by atoms with Gasteiger partial charge < -0.3 is 10.1 Å². The smallest absolute Gasteiger partial charge is 0.155 e. The first-order valence-electron chi connectivity index (χ1n) is 10.7. The Morgan fingerprint density at radius 3 is 2.50 bits per heavy atom. The molecule has 4 nitrogen and oxygen atoms in total. The molecule has 0 atom stereocenters.